The Labute approximate surface area is 156 Å². The topological polar surface area (TPSA) is 88.0 Å². The lowest BCUT2D eigenvalue weighted by Gasteiger charge is -2.12. The van der Waals surface area contributed by atoms with E-state index in [0.717, 1.165) is 25.0 Å². The van der Waals surface area contributed by atoms with E-state index >= 15 is 0 Å². The van der Waals surface area contributed by atoms with Crippen molar-refractivity contribution in [2.75, 3.05) is 12.3 Å². The average molecular weight is 395 g/mol. The van der Waals surface area contributed by atoms with Gasteiger partial charge < -0.3 is 5.32 Å². The van der Waals surface area contributed by atoms with Gasteiger partial charge in [0.2, 0.25) is 0 Å². The summed E-state index contributed by atoms with van der Waals surface area (Å²) in [7, 11) is -3.91. The van der Waals surface area contributed by atoms with Gasteiger partial charge in [-0.2, -0.15) is 10.2 Å². The molecule has 0 bridgehead atoms. The molecule has 0 unspecified atom stereocenters. The Kier molecular flexibility index (Phi) is 5.29. The SMILES string of the molecule is C#CCCC1(CCNC(=O)c2c(F)ccc(S(=O)(=O)CC3CC3)c2F)N=N1. The highest BCUT2D eigenvalue weighted by atomic mass is 32.2. The van der Waals surface area contributed by atoms with Crippen LogP contribution < -0.4 is 5.32 Å². The van der Waals surface area contributed by atoms with Crippen LogP contribution in [0.2, 0.25) is 0 Å². The zero-order valence-electron chi connectivity index (χ0n) is 14.5. The summed E-state index contributed by atoms with van der Waals surface area (Å²) in [4.78, 5) is 11.6. The monoisotopic (exact) mass is 395 g/mol. The van der Waals surface area contributed by atoms with Crippen molar-refractivity contribution in [3.63, 3.8) is 0 Å². The number of terminal acetylenes is 1. The fourth-order valence-corrected chi connectivity index (χ4v) is 4.58. The first-order chi connectivity index (χ1) is 12.8. The van der Waals surface area contributed by atoms with Gasteiger partial charge in [-0.15, -0.1) is 12.3 Å². The lowest BCUT2D eigenvalue weighted by Crippen LogP contribution is -2.30. The Morgan fingerprint density at radius 1 is 1.30 bits per heavy atom. The fourth-order valence-electron chi connectivity index (χ4n) is 2.80. The molecule has 144 valence electrons. The van der Waals surface area contributed by atoms with Crippen LogP contribution in [0.1, 0.15) is 42.5 Å². The van der Waals surface area contributed by atoms with E-state index < -0.39 is 43.5 Å². The third-order valence-electron chi connectivity index (χ3n) is 4.63. The number of amides is 1. The Morgan fingerprint density at radius 3 is 2.59 bits per heavy atom. The summed E-state index contributed by atoms with van der Waals surface area (Å²) >= 11 is 0. The van der Waals surface area contributed by atoms with E-state index in [-0.39, 0.29) is 18.2 Å². The van der Waals surface area contributed by atoms with E-state index in [0.29, 0.717) is 19.3 Å². The number of nitrogens with one attached hydrogen (secondary N) is 1. The highest BCUT2D eigenvalue weighted by Gasteiger charge is 2.39. The number of nitrogens with zero attached hydrogens (tertiary/aromatic N) is 2. The first kappa shape index (κ1) is 19.4. The van der Waals surface area contributed by atoms with Crippen LogP contribution in [0, 0.1) is 29.9 Å². The van der Waals surface area contributed by atoms with Gasteiger partial charge in [-0.25, -0.2) is 17.2 Å². The van der Waals surface area contributed by atoms with E-state index in [4.69, 9.17) is 6.42 Å². The molecule has 2 aliphatic rings. The number of rotatable bonds is 9. The van der Waals surface area contributed by atoms with E-state index in [2.05, 4.69) is 21.5 Å². The molecule has 9 heteroatoms. The summed E-state index contributed by atoms with van der Waals surface area (Å²) in [6, 6.07) is 1.67. The van der Waals surface area contributed by atoms with Crippen LogP contribution in [0.3, 0.4) is 0 Å². The maximum absolute atomic E-state index is 14.7. The molecule has 27 heavy (non-hydrogen) atoms. The molecule has 1 heterocycles. The van der Waals surface area contributed by atoms with Crippen molar-refractivity contribution in [1.29, 1.82) is 0 Å². The minimum Gasteiger partial charge on any atom is -0.352 e. The van der Waals surface area contributed by atoms with Crippen LogP contribution in [0.4, 0.5) is 8.78 Å². The Balaban J connectivity index is 1.69. The van der Waals surface area contributed by atoms with Gasteiger partial charge in [-0.05, 0) is 30.9 Å². The second kappa shape index (κ2) is 7.35. The zero-order chi connectivity index (χ0) is 19.7. The van der Waals surface area contributed by atoms with Crippen molar-refractivity contribution in [2.24, 2.45) is 16.1 Å². The van der Waals surface area contributed by atoms with Crippen molar-refractivity contribution >= 4 is 15.7 Å². The highest BCUT2D eigenvalue weighted by Crippen LogP contribution is 2.36. The molecule has 1 amide bonds. The molecule has 0 saturated heterocycles. The smallest absolute Gasteiger partial charge is 0.257 e. The zero-order valence-corrected chi connectivity index (χ0v) is 15.4. The number of halogens is 2. The van der Waals surface area contributed by atoms with Crippen LogP contribution in [0.15, 0.2) is 27.3 Å². The first-order valence-corrected chi connectivity index (χ1v) is 10.3. The summed E-state index contributed by atoms with van der Waals surface area (Å²) in [5, 5.41) is 10.2. The van der Waals surface area contributed by atoms with Gasteiger partial charge in [0, 0.05) is 25.8 Å². The lowest BCUT2D eigenvalue weighted by atomic mass is 10.0. The molecular formula is C18H19F2N3O3S. The number of hydrogen-bond donors (Lipinski definition) is 1. The Bertz CT molecular complexity index is 928. The predicted octanol–water partition coefficient (Wildman–Crippen LogP) is 2.84. The summed E-state index contributed by atoms with van der Waals surface area (Å²) in [5.74, 6) is -1.19. The molecule has 1 aromatic rings. The van der Waals surface area contributed by atoms with Crippen molar-refractivity contribution in [1.82, 2.24) is 5.32 Å². The summed E-state index contributed by atoms with van der Waals surface area (Å²) in [6.45, 7) is 0.0777. The Morgan fingerprint density at radius 2 is 2.00 bits per heavy atom. The van der Waals surface area contributed by atoms with Crippen LogP contribution in [-0.2, 0) is 9.84 Å². The van der Waals surface area contributed by atoms with Gasteiger partial charge >= 0.3 is 0 Å². The second-order valence-electron chi connectivity index (χ2n) is 6.85. The minimum atomic E-state index is -3.91. The number of sulfone groups is 1. The van der Waals surface area contributed by atoms with Crippen LogP contribution in [0.25, 0.3) is 0 Å². The van der Waals surface area contributed by atoms with E-state index in [9.17, 15) is 22.0 Å². The van der Waals surface area contributed by atoms with Crippen molar-refractivity contribution in [2.45, 2.75) is 42.7 Å². The quantitative estimate of drug-likeness (QED) is 0.515. The number of carbonyl (C=O) groups excluding carboxylic acids is 1. The molecule has 0 atom stereocenters. The van der Waals surface area contributed by atoms with Gasteiger partial charge in [-0.3, -0.25) is 4.79 Å². The Hall–Kier alpha value is -2.34. The van der Waals surface area contributed by atoms with Gasteiger partial charge in [0.25, 0.3) is 5.91 Å². The standard InChI is InChI=1S/C18H19F2N3O3S/c1-2-3-8-18(22-23-18)9-10-21-17(24)15-13(19)6-7-14(16(15)20)27(25,26)11-12-4-5-12/h1,6-7,12H,3-5,8-11H2,(H,21,24). The average Bonchev–Trinajstić information content (AvgIpc) is 3.51. The summed E-state index contributed by atoms with van der Waals surface area (Å²) in [6.07, 6.45) is 8.11. The van der Waals surface area contributed by atoms with Crippen molar-refractivity contribution < 1.29 is 22.0 Å². The largest absolute Gasteiger partial charge is 0.352 e. The van der Waals surface area contributed by atoms with Crippen LogP contribution >= 0.6 is 0 Å². The first-order valence-electron chi connectivity index (χ1n) is 8.64. The molecule has 3 rings (SSSR count). The second-order valence-corrected chi connectivity index (χ2v) is 8.85. The summed E-state index contributed by atoms with van der Waals surface area (Å²) < 4.78 is 53.3. The lowest BCUT2D eigenvalue weighted by molar-refractivity contribution is 0.0943. The minimum absolute atomic E-state index is 0.00183. The number of hydrogen-bond acceptors (Lipinski definition) is 5. The molecule has 1 N–H and O–H groups in total. The molecule has 0 spiro atoms. The molecule has 0 radical (unpaired) electrons. The molecular weight excluding hydrogens is 376 g/mol. The molecule has 1 saturated carbocycles. The third-order valence-corrected chi connectivity index (χ3v) is 6.53. The predicted molar refractivity (Wildman–Crippen MR) is 93.7 cm³/mol. The highest BCUT2D eigenvalue weighted by molar-refractivity contribution is 7.91. The summed E-state index contributed by atoms with van der Waals surface area (Å²) in [5.41, 5.74) is -1.53. The normalized spacial score (nSPS) is 17.4. The molecule has 6 nitrogen and oxygen atoms in total. The number of carbonyl (C=O) groups is 1. The molecule has 1 aliphatic heterocycles. The maximum atomic E-state index is 14.7. The van der Waals surface area contributed by atoms with E-state index in [1.165, 1.54) is 0 Å². The van der Waals surface area contributed by atoms with Crippen molar-refractivity contribution in [3.05, 3.63) is 29.3 Å². The molecule has 0 aromatic heterocycles. The van der Waals surface area contributed by atoms with Gasteiger partial charge in [0.1, 0.15) is 16.3 Å². The van der Waals surface area contributed by atoms with Gasteiger partial charge in [-0.1, -0.05) is 0 Å². The number of benzene rings is 1. The third kappa shape index (κ3) is 4.50. The van der Waals surface area contributed by atoms with Gasteiger partial charge in [0.05, 0.1) is 5.75 Å². The van der Waals surface area contributed by atoms with E-state index in [1.54, 1.807) is 0 Å². The molecule has 1 fully saturated rings. The van der Waals surface area contributed by atoms with Gasteiger partial charge in [0.15, 0.2) is 21.3 Å². The fraction of sp³-hybridized carbons (Fsp3) is 0.500. The maximum Gasteiger partial charge on any atom is 0.257 e. The van der Waals surface area contributed by atoms with Crippen LogP contribution in [-0.4, -0.2) is 32.3 Å². The molecule has 1 aromatic carbocycles. The van der Waals surface area contributed by atoms with Crippen molar-refractivity contribution in [3.8, 4) is 12.3 Å². The van der Waals surface area contributed by atoms with E-state index in [1.807, 2.05) is 0 Å². The molecule has 1 aliphatic carbocycles. The van der Waals surface area contributed by atoms with Crippen LogP contribution in [0.5, 0.6) is 0 Å².